The topological polar surface area (TPSA) is 342 Å². The van der Waals surface area contributed by atoms with Crippen LogP contribution in [0.25, 0.3) is 50.0 Å². The van der Waals surface area contributed by atoms with Crippen molar-refractivity contribution in [3.63, 3.8) is 0 Å². The second-order valence-electron chi connectivity index (χ2n) is 26.1. The van der Waals surface area contributed by atoms with Gasteiger partial charge in [0.25, 0.3) is 40.4 Å². The fourth-order valence-electron chi connectivity index (χ4n) is 12.7. The number of carbonyl (C=O) groups excluding carboxylic acids is 3. The van der Waals surface area contributed by atoms with Crippen LogP contribution < -0.4 is 63.3 Å². The van der Waals surface area contributed by atoms with Crippen LogP contribution in [0.4, 0.5) is 0 Å². The van der Waals surface area contributed by atoms with Crippen molar-refractivity contribution in [3.05, 3.63) is 350 Å². The molecule has 0 bridgehead atoms. The van der Waals surface area contributed by atoms with E-state index >= 15 is 0 Å². The Morgan fingerprint density at radius 2 is 0.626 bits per heavy atom. The van der Waals surface area contributed by atoms with E-state index in [-0.39, 0.29) is 85.6 Å². The molecule has 6 aromatic carbocycles. The molecule has 0 aliphatic carbocycles. The number of pyridine rings is 6. The summed E-state index contributed by atoms with van der Waals surface area (Å²) in [6.07, 6.45) is 6.70. The van der Waals surface area contributed by atoms with Gasteiger partial charge in [0.05, 0.1) is 73.8 Å². The van der Waals surface area contributed by atoms with Crippen LogP contribution in [-0.2, 0) is 43.7 Å². The van der Waals surface area contributed by atoms with Crippen LogP contribution in [0.15, 0.2) is 251 Å². The first-order chi connectivity index (χ1) is 55.6. The number of nitrogens with one attached hydrogen (secondary N) is 6. The number of ether oxygens (including phenoxy) is 3. The van der Waals surface area contributed by atoms with Gasteiger partial charge in [-0.15, -0.1) is 0 Å². The van der Waals surface area contributed by atoms with Crippen molar-refractivity contribution in [1.82, 2.24) is 57.8 Å². The number of amides is 3. The van der Waals surface area contributed by atoms with Crippen LogP contribution in [0.1, 0.15) is 71.4 Å². The van der Waals surface area contributed by atoms with Crippen LogP contribution in [-0.4, -0.2) is 112 Å². The summed E-state index contributed by atoms with van der Waals surface area (Å²) >= 11 is 19.2. The average molecular weight is 1600 g/mol. The molecule has 0 saturated heterocycles. The van der Waals surface area contributed by atoms with Gasteiger partial charge in [-0.2, -0.15) is 0 Å². The van der Waals surface area contributed by atoms with E-state index < -0.39 is 23.7 Å². The molecular weight excluding hydrogens is 1530 g/mol. The number of aromatic nitrogens is 9. The molecule has 0 unspecified atom stereocenters. The first-order valence-corrected chi connectivity index (χ1v) is 37.2. The summed E-state index contributed by atoms with van der Waals surface area (Å²) in [6, 6.07) is 64.8. The summed E-state index contributed by atoms with van der Waals surface area (Å²) < 4.78 is 24.5. The summed E-state index contributed by atoms with van der Waals surface area (Å²) in [5.74, 6) is 0.137. The normalized spacial score (nSPS) is 10.9. The molecule has 0 atom stereocenters. The molecule has 0 aliphatic heterocycles. The molecule has 115 heavy (non-hydrogen) atoms. The molecule has 0 radical (unpaired) electrons. The van der Waals surface area contributed by atoms with E-state index in [1.165, 1.54) is 31.4 Å². The van der Waals surface area contributed by atoms with E-state index in [4.69, 9.17) is 75.1 Å². The zero-order chi connectivity index (χ0) is 81.4. The van der Waals surface area contributed by atoms with Crippen LogP contribution in [0, 0.1) is 16.2 Å². The molecule has 9 aromatic heterocycles. The second kappa shape index (κ2) is 37.0. The minimum Gasteiger partial charge on any atom is -0.497 e. The number of methoxy groups -OCH3 is 3. The number of carboxylic acid groups (broad SMARTS) is 1. The molecule has 0 saturated carbocycles. The number of carbonyl (C=O) groups is 4. The third-order valence-corrected chi connectivity index (χ3v) is 19.7. The zero-order valence-corrected chi connectivity index (χ0v) is 64.8. The molecule has 15 rings (SSSR count). The van der Waals surface area contributed by atoms with Crippen molar-refractivity contribution in [1.29, 1.82) is 16.2 Å². The van der Waals surface area contributed by atoms with Gasteiger partial charge in [-0.25, -0.2) is 15.0 Å². The van der Waals surface area contributed by atoms with E-state index in [1.54, 1.807) is 126 Å². The van der Waals surface area contributed by atoms with E-state index in [0.29, 0.717) is 87.8 Å². The molecule has 582 valence electrons. The van der Waals surface area contributed by atoms with E-state index in [9.17, 15) is 28.8 Å². The van der Waals surface area contributed by atoms with Gasteiger partial charge in [0.2, 0.25) is 0 Å². The first kappa shape index (κ1) is 80.7. The summed E-state index contributed by atoms with van der Waals surface area (Å²) in [5.41, 5.74) is 6.78. The molecule has 0 spiro atoms. The van der Waals surface area contributed by atoms with Gasteiger partial charge in [0, 0.05) is 60.2 Å². The number of benzene rings is 6. The predicted octanol–water partition coefficient (Wildman–Crippen LogP) is 11.5. The summed E-state index contributed by atoms with van der Waals surface area (Å²) in [5, 5.41) is 45.1. The molecular formula is C86H76Cl3N15O11. The Kier molecular flexibility index (Phi) is 26.0. The van der Waals surface area contributed by atoms with Crippen LogP contribution in [0.2, 0.25) is 15.1 Å². The number of halogens is 3. The van der Waals surface area contributed by atoms with Crippen molar-refractivity contribution >= 4 is 109 Å². The maximum Gasteiger partial charge on any atom is 0.300 e. The lowest BCUT2D eigenvalue weighted by atomic mass is 10.1. The number of aliphatic carboxylic acids is 1. The molecule has 0 aliphatic rings. The molecule has 0 fully saturated rings. The highest BCUT2D eigenvalue weighted by Gasteiger charge is 2.23. The lowest BCUT2D eigenvalue weighted by Crippen LogP contribution is -2.36. The third kappa shape index (κ3) is 18.9. The Labute approximate surface area is 670 Å². The van der Waals surface area contributed by atoms with Crippen LogP contribution in [0.5, 0.6) is 17.2 Å². The Hall–Kier alpha value is -13.8. The Morgan fingerprint density at radius 3 is 0.870 bits per heavy atom. The maximum atomic E-state index is 13.4. The molecule has 3 amide bonds. The van der Waals surface area contributed by atoms with Gasteiger partial charge in [0.15, 0.2) is 0 Å². The molecule has 7 N–H and O–H groups in total. The van der Waals surface area contributed by atoms with Crippen molar-refractivity contribution in [2.24, 2.45) is 0 Å². The summed E-state index contributed by atoms with van der Waals surface area (Å²) in [7, 11) is 4.83. The SMILES string of the molecule is CC(=O)O.COc1ccc(CCNC(=O)c2cc3c(=O)n4ccccc4nc3n(Cc3ccccc3Cl)c2=N)cc1.COc1ccc(CCNC(=O)c2cc3c(=O)n4ccccc4nc3n(Cc3ccccc3Cl)c2=N)cc1.COc1ccc(CCNC(=O)c2cc3c(=O)n4ccccc4nc3n(Cc3ccccc3Cl)c2=N)cc1. The molecule has 29 heteroatoms. The summed E-state index contributed by atoms with van der Waals surface area (Å²) in [6.45, 7) is 2.71. The van der Waals surface area contributed by atoms with Crippen molar-refractivity contribution in [3.8, 4) is 17.2 Å². The van der Waals surface area contributed by atoms with Crippen LogP contribution in [0.3, 0.4) is 0 Å². The molecule has 26 nitrogen and oxygen atoms in total. The number of rotatable bonds is 21. The maximum absolute atomic E-state index is 13.4. The highest BCUT2D eigenvalue weighted by atomic mass is 35.5. The smallest absolute Gasteiger partial charge is 0.300 e. The molecule has 15 aromatic rings. The summed E-state index contributed by atoms with van der Waals surface area (Å²) in [4.78, 5) is 103. The van der Waals surface area contributed by atoms with Gasteiger partial charge < -0.3 is 49.0 Å². The number of carboxylic acids is 1. The predicted molar refractivity (Wildman–Crippen MR) is 441 cm³/mol. The largest absolute Gasteiger partial charge is 0.497 e. The van der Waals surface area contributed by atoms with Gasteiger partial charge in [-0.3, -0.25) is 63.0 Å². The number of fused-ring (bicyclic) bond motifs is 6. The Bertz CT molecular complexity index is 5970. The standard InChI is InChI=1S/3C28H24ClN5O3.C2H4O2/c3*1-37-20-11-9-18(10-12-20)13-14-31-27(35)21-16-22-26(32-24-8-4-5-15-33(24)28(22)36)34(25(21)30)17-19-6-2-3-7-23(19)29;1-2(3)4/h3*2-12,15-16,30H,13-14,17H2,1H3,(H,31,35);1H3,(H,3,4). The minimum atomic E-state index is -0.833. The van der Waals surface area contributed by atoms with Crippen LogP contribution >= 0.6 is 34.8 Å². The average Bonchev–Trinajstić information content (AvgIpc) is 0.759. The van der Waals surface area contributed by atoms with Gasteiger partial charge in [0.1, 0.15) is 67.6 Å². The Balaban J connectivity index is 0.000000155. The van der Waals surface area contributed by atoms with E-state index in [0.717, 1.165) is 57.6 Å². The van der Waals surface area contributed by atoms with Crippen molar-refractivity contribution in [2.45, 2.75) is 45.8 Å². The first-order valence-electron chi connectivity index (χ1n) is 36.0. The van der Waals surface area contributed by atoms with Gasteiger partial charge in [-0.1, -0.05) is 144 Å². The fraction of sp³-hybridized carbons (Fsp3) is 0.151. The van der Waals surface area contributed by atoms with Gasteiger partial charge >= 0.3 is 0 Å². The zero-order valence-electron chi connectivity index (χ0n) is 62.6. The number of hydrogen-bond acceptors (Lipinski definition) is 16. The highest BCUT2D eigenvalue weighted by molar-refractivity contribution is 6.32. The van der Waals surface area contributed by atoms with Crippen molar-refractivity contribution < 1.29 is 38.5 Å². The minimum absolute atomic E-state index is 0.0541. The fourth-order valence-corrected chi connectivity index (χ4v) is 13.2. The monoisotopic (exact) mass is 1600 g/mol. The lowest BCUT2D eigenvalue weighted by molar-refractivity contribution is -0.134. The Morgan fingerprint density at radius 1 is 0.383 bits per heavy atom. The van der Waals surface area contributed by atoms with Gasteiger partial charge in [-0.05, 0) is 162 Å². The second-order valence-corrected chi connectivity index (χ2v) is 27.3. The van der Waals surface area contributed by atoms with E-state index in [2.05, 4.69) is 30.9 Å². The van der Waals surface area contributed by atoms with E-state index in [1.807, 2.05) is 127 Å². The molecule has 9 heterocycles. The number of nitrogens with zero attached hydrogens (tertiary/aromatic N) is 9. The van der Waals surface area contributed by atoms with Crippen molar-refractivity contribution in [2.75, 3.05) is 41.0 Å². The highest BCUT2D eigenvalue weighted by Crippen LogP contribution is 2.24. The lowest BCUT2D eigenvalue weighted by Gasteiger charge is -2.15. The quantitative estimate of drug-likeness (QED) is 0.0329. The third-order valence-electron chi connectivity index (χ3n) is 18.6. The number of hydrogen-bond donors (Lipinski definition) is 7.